The molecule has 1 aliphatic rings. The molecular formula is C17H22N4O3. The molecule has 1 fully saturated rings. The lowest BCUT2D eigenvalue weighted by molar-refractivity contribution is 0.0378. The van der Waals surface area contributed by atoms with Crippen molar-refractivity contribution in [3.8, 4) is 0 Å². The predicted octanol–water partition coefficient (Wildman–Crippen LogP) is 0.424. The summed E-state index contributed by atoms with van der Waals surface area (Å²) < 4.78 is 5.32. The number of morpholine rings is 1. The van der Waals surface area contributed by atoms with Gasteiger partial charge in [-0.05, 0) is 30.7 Å². The van der Waals surface area contributed by atoms with Crippen LogP contribution in [0.2, 0.25) is 0 Å². The van der Waals surface area contributed by atoms with Gasteiger partial charge >= 0.3 is 0 Å². The number of nitrogens with one attached hydrogen (secondary N) is 2. The van der Waals surface area contributed by atoms with E-state index in [9.17, 15) is 9.59 Å². The van der Waals surface area contributed by atoms with Crippen molar-refractivity contribution in [2.45, 2.75) is 13.0 Å². The quantitative estimate of drug-likeness (QED) is 0.536. The van der Waals surface area contributed by atoms with Crippen LogP contribution in [0.15, 0.2) is 34.1 Å². The Bertz CT molecular complexity index is 719. The van der Waals surface area contributed by atoms with Crippen LogP contribution in [0.1, 0.15) is 12.0 Å². The molecule has 0 aliphatic carbocycles. The van der Waals surface area contributed by atoms with Crippen molar-refractivity contribution in [1.82, 2.24) is 9.88 Å². The summed E-state index contributed by atoms with van der Waals surface area (Å²) in [6.07, 6.45) is 4.32. The number of rotatable bonds is 8. The molecule has 0 unspecified atom stereocenters. The van der Waals surface area contributed by atoms with Crippen molar-refractivity contribution in [3.05, 3.63) is 50.5 Å². The maximum Gasteiger partial charge on any atom is 0.253 e. The van der Waals surface area contributed by atoms with E-state index in [-0.39, 0.29) is 0 Å². The molecule has 0 amide bonds. The first-order valence-electron chi connectivity index (χ1n) is 8.26. The van der Waals surface area contributed by atoms with Crippen molar-refractivity contribution in [3.63, 3.8) is 0 Å². The van der Waals surface area contributed by atoms with Crippen molar-refractivity contribution < 1.29 is 4.74 Å². The topological polar surface area (TPSA) is 83.6 Å². The number of ether oxygens (including phenoxy) is 1. The lowest BCUT2D eigenvalue weighted by Crippen LogP contribution is -2.39. The van der Waals surface area contributed by atoms with Gasteiger partial charge in [0, 0.05) is 38.6 Å². The van der Waals surface area contributed by atoms with E-state index >= 15 is 0 Å². The number of anilines is 2. The largest absolute Gasteiger partial charge is 0.380 e. The molecule has 1 aromatic carbocycles. The maximum atomic E-state index is 11.7. The van der Waals surface area contributed by atoms with E-state index in [0.717, 1.165) is 44.8 Å². The van der Waals surface area contributed by atoms with Crippen LogP contribution >= 0.6 is 0 Å². The van der Waals surface area contributed by atoms with Crippen LogP contribution in [0, 0.1) is 0 Å². The Morgan fingerprint density at radius 1 is 1.04 bits per heavy atom. The molecule has 2 N–H and O–H groups in total. The zero-order chi connectivity index (χ0) is 16.8. The third-order valence-electron chi connectivity index (χ3n) is 4.19. The van der Waals surface area contributed by atoms with E-state index in [1.165, 1.54) is 0 Å². The first-order valence-corrected chi connectivity index (χ1v) is 8.26. The Labute approximate surface area is 140 Å². The molecule has 1 aliphatic heterocycles. The van der Waals surface area contributed by atoms with Crippen LogP contribution < -0.4 is 21.5 Å². The number of pyridine rings is 1. The highest BCUT2D eigenvalue weighted by atomic mass is 16.5. The summed E-state index contributed by atoms with van der Waals surface area (Å²) in [5, 5.41) is 6.15. The minimum absolute atomic E-state index is 0.392. The van der Waals surface area contributed by atoms with Crippen LogP contribution in [-0.4, -0.2) is 49.3 Å². The van der Waals surface area contributed by atoms with E-state index in [0.29, 0.717) is 24.5 Å². The Morgan fingerprint density at radius 3 is 2.42 bits per heavy atom. The van der Waals surface area contributed by atoms with Crippen LogP contribution in [0.4, 0.5) is 11.4 Å². The maximum absolute atomic E-state index is 11.7. The Kier molecular flexibility index (Phi) is 5.55. The average Bonchev–Trinajstić information content (AvgIpc) is 2.64. The standard InChI is InChI=1S/C17H22N4O3/c22-16-14(19-4-1-7-21-8-10-24-11-9-21)15(17(16)23)20-12-13-2-5-18-6-3-13/h2-3,5-6,19-20H,1,4,7-12H2. The molecule has 3 rings (SSSR count). The minimum Gasteiger partial charge on any atom is -0.380 e. The molecular weight excluding hydrogens is 308 g/mol. The molecule has 0 radical (unpaired) electrons. The van der Waals surface area contributed by atoms with E-state index < -0.39 is 10.9 Å². The highest BCUT2D eigenvalue weighted by Crippen LogP contribution is 2.15. The van der Waals surface area contributed by atoms with E-state index in [1.807, 2.05) is 12.1 Å². The molecule has 1 aromatic heterocycles. The van der Waals surface area contributed by atoms with Gasteiger partial charge in [-0.1, -0.05) is 0 Å². The van der Waals surface area contributed by atoms with Gasteiger partial charge in [-0.2, -0.15) is 0 Å². The Hall–Kier alpha value is -2.25. The van der Waals surface area contributed by atoms with Crippen molar-refractivity contribution in [2.24, 2.45) is 0 Å². The number of nitrogens with zero attached hydrogens (tertiary/aromatic N) is 2. The highest BCUT2D eigenvalue weighted by Gasteiger charge is 2.20. The fourth-order valence-electron chi connectivity index (χ4n) is 2.76. The van der Waals surface area contributed by atoms with Crippen LogP contribution in [0.5, 0.6) is 0 Å². The second-order valence-electron chi connectivity index (χ2n) is 5.85. The smallest absolute Gasteiger partial charge is 0.253 e. The second-order valence-corrected chi connectivity index (χ2v) is 5.85. The van der Waals surface area contributed by atoms with Gasteiger partial charge in [-0.25, -0.2) is 0 Å². The fraction of sp³-hybridized carbons (Fsp3) is 0.471. The van der Waals surface area contributed by atoms with E-state index in [4.69, 9.17) is 4.74 Å². The Balaban J connectivity index is 1.46. The number of aromatic nitrogens is 1. The van der Waals surface area contributed by atoms with Crippen LogP contribution in [-0.2, 0) is 11.3 Å². The fourth-order valence-corrected chi connectivity index (χ4v) is 2.76. The SMILES string of the molecule is O=c1c(NCCCN2CCOCC2)c(NCc2ccncc2)c1=O. The van der Waals surface area contributed by atoms with E-state index in [2.05, 4.69) is 20.5 Å². The normalized spacial score (nSPS) is 15.5. The van der Waals surface area contributed by atoms with Gasteiger partial charge in [0.25, 0.3) is 10.9 Å². The van der Waals surface area contributed by atoms with Gasteiger partial charge in [-0.3, -0.25) is 19.5 Å². The zero-order valence-electron chi connectivity index (χ0n) is 13.6. The summed E-state index contributed by atoms with van der Waals surface area (Å²) in [6, 6.07) is 3.74. The van der Waals surface area contributed by atoms with Crippen molar-refractivity contribution in [1.29, 1.82) is 0 Å². The Morgan fingerprint density at radius 2 is 1.71 bits per heavy atom. The molecule has 2 heterocycles. The molecule has 1 saturated heterocycles. The molecule has 128 valence electrons. The number of hydrogen-bond acceptors (Lipinski definition) is 7. The summed E-state index contributed by atoms with van der Waals surface area (Å²) in [4.78, 5) is 29.8. The van der Waals surface area contributed by atoms with Crippen LogP contribution in [0.3, 0.4) is 0 Å². The van der Waals surface area contributed by atoms with Gasteiger partial charge in [0.2, 0.25) is 0 Å². The second kappa shape index (κ2) is 8.03. The molecule has 2 aromatic rings. The lowest BCUT2D eigenvalue weighted by Gasteiger charge is -2.26. The van der Waals surface area contributed by atoms with Gasteiger partial charge in [0.05, 0.1) is 13.2 Å². The summed E-state index contributed by atoms with van der Waals surface area (Å²) in [7, 11) is 0. The first-order chi connectivity index (χ1) is 11.8. The van der Waals surface area contributed by atoms with Gasteiger partial charge in [-0.15, -0.1) is 0 Å². The predicted molar refractivity (Wildman–Crippen MR) is 93.3 cm³/mol. The third kappa shape index (κ3) is 3.98. The molecule has 0 atom stereocenters. The summed E-state index contributed by atoms with van der Waals surface area (Å²) in [5.74, 6) is 0. The highest BCUT2D eigenvalue weighted by molar-refractivity contribution is 5.73. The third-order valence-corrected chi connectivity index (χ3v) is 4.19. The molecule has 0 spiro atoms. The summed E-state index contributed by atoms with van der Waals surface area (Å²) in [5.41, 5.74) is 0.939. The monoisotopic (exact) mass is 330 g/mol. The molecule has 0 bridgehead atoms. The molecule has 7 nitrogen and oxygen atoms in total. The summed E-state index contributed by atoms with van der Waals surface area (Å²) in [6.45, 7) is 5.62. The molecule has 24 heavy (non-hydrogen) atoms. The molecule has 7 heteroatoms. The summed E-state index contributed by atoms with van der Waals surface area (Å²) >= 11 is 0. The van der Waals surface area contributed by atoms with Crippen LogP contribution in [0.25, 0.3) is 0 Å². The zero-order valence-corrected chi connectivity index (χ0v) is 13.6. The van der Waals surface area contributed by atoms with Crippen molar-refractivity contribution in [2.75, 3.05) is 50.0 Å². The molecule has 0 saturated carbocycles. The minimum atomic E-state index is -0.445. The van der Waals surface area contributed by atoms with Gasteiger partial charge < -0.3 is 15.4 Å². The van der Waals surface area contributed by atoms with Crippen molar-refractivity contribution >= 4 is 11.4 Å². The average molecular weight is 330 g/mol. The number of hydrogen-bond donors (Lipinski definition) is 2. The van der Waals surface area contributed by atoms with Gasteiger partial charge in [0.15, 0.2) is 0 Å². The lowest BCUT2D eigenvalue weighted by atomic mass is 10.1. The first kappa shape index (κ1) is 16.6. The van der Waals surface area contributed by atoms with Gasteiger partial charge in [0.1, 0.15) is 11.4 Å². The van der Waals surface area contributed by atoms with E-state index in [1.54, 1.807) is 12.4 Å².